The van der Waals surface area contributed by atoms with Crippen LogP contribution in [-0.2, 0) is 20.1 Å². The fourth-order valence-electron chi connectivity index (χ4n) is 3.46. The van der Waals surface area contributed by atoms with E-state index in [9.17, 15) is 27.3 Å². The summed E-state index contributed by atoms with van der Waals surface area (Å²) < 4.78 is 53.1. The quantitative estimate of drug-likeness (QED) is 0.598. The summed E-state index contributed by atoms with van der Waals surface area (Å²) in [5.41, 5.74) is -2.51. The van der Waals surface area contributed by atoms with Gasteiger partial charge in [-0.3, -0.25) is 15.5 Å². The van der Waals surface area contributed by atoms with Crippen LogP contribution in [0, 0.1) is 27.2 Å². The number of benzene rings is 2. The number of halogens is 2. The molecule has 0 saturated carbocycles. The summed E-state index contributed by atoms with van der Waals surface area (Å²) in [7, 11) is -4.22. The lowest BCUT2D eigenvalue weighted by atomic mass is 9.89. The normalized spacial score (nSPS) is 26.5. The standard InChI is InChI=1S/C18H17F2N3O4S/c1-17(13-9-11(23(24)25)7-8-15(13)20)10-28(26,27)18(2,16(21)22-17)12-5-3-4-6-14(12)19/h3-9H,10H2,1-2H3,(H2,21,22)/t17-,18-/m0/s1. The minimum absolute atomic E-state index is 0.200. The zero-order chi connectivity index (χ0) is 20.9. The fraction of sp³-hybridized carbons (Fsp3) is 0.278. The number of sulfone groups is 1. The van der Waals surface area contributed by atoms with Gasteiger partial charge in [0.05, 0.1) is 16.2 Å². The first-order chi connectivity index (χ1) is 12.9. The summed E-state index contributed by atoms with van der Waals surface area (Å²) in [5, 5.41) is 22.0. The molecule has 2 N–H and O–H groups in total. The largest absolute Gasteiger partial charge is 0.362 e. The molecule has 1 heterocycles. The van der Waals surface area contributed by atoms with E-state index in [0.29, 0.717) is 0 Å². The second-order valence-electron chi connectivity index (χ2n) is 7.03. The van der Waals surface area contributed by atoms with Crippen LogP contribution in [0.1, 0.15) is 25.0 Å². The van der Waals surface area contributed by atoms with Crippen LogP contribution in [0.15, 0.2) is 42.5 Å². The molecule has 28 heavy (non-hydrogen) atoms. The maximum absolute atomic E-state index is 14.4. The average molecular weight is 409 g/mol. The highest BCUT2D eigenvalue weighted by molar-refractivity contribution is 7.93. The van der Waals surface area contributed by atoms with Gasteiger partial charge in [-0.05, 0) is 26.0 Å². The number of nitro groups is 1. The summed E-state index contributed by atoms with van der Waals surface area (Å²) in [6.07, 6.45) is 0. The molecule has 1 fully saturated rings. The molecule has 1 aliphatic rings. The minimum Gasteiger partial charge on any atom is -0.362 e. The van der Waals surface area contributed by atoms with Gasteiger partial charge in [0, 0.05) is 23.3 Å². The lowest BCUT2D eigenvalue weighted by Gasteiger charge is -2.44. The Morgan fingerprint density at radius 1 is 1.11 bits per heavy atom. The molecule has 2 aromatic rings. The van der Waals surface area contributed by atoms with E-state index in [1.54, 1.807) is 0 Å². The average Bonchev–Trinajstić information content (AvgIpc) is 2.59. The molecule has 2 atom stereocenters. The zero-order valence-electron chi connectivity index (χ0n) is 15.0. The third-order valence-electron chi connectivity index (χ3n) is 5.12. The molecule has 0 amide bonds. The molecular formula is C18H17F2N3O4S. The highest BCUT2D eigenvalue weighted by Crippen LogP contribution is 2.42. The number of amidine groups is 1. The van der Waals surface area contributed by atoms with Crippen molar-refractivity contribution in [2.75, 3.05) is 5.75 Å². The van der Waals surface area contributed by atoms with Crippen molar-refractivity contribution in [1.82, 2.24) is 5.32 Å². The fourth-order valence-corrected chi connectivity index (χ4v) is 5.60. The lowest BCUT2D eigenvalue weighted by molar-refractivity contribution is -0.385. The molecule has 3 rings (SSSR count). The molecule has 7 nitrogen and oxygen atoms in total. The Morgan fingerprint density at radius 3 is 2.29 bits per heavy atom. The molecule has 10 heteroatoms. The highest BCUT2D eigenvalue weighted by Gasteiger charge is 2.55. The number of nitrogens with zero attached hydrogens (tertiary/aromatic N) is 1. The van der Waals surface area contributed by atoms with E-state index in [1.807, 2.05) is 0 Å². The van der Waals surface area contributed by atoms with E-state index in [-0.39, 0.29) is 11.1 Å². The van der Waals surface area contributed by atoms with Crippen molar-refractivity contribution >= 4 is 21.4 Å². The third kappa shape index (κ3) is 2.84. The van der Waals surface area contributed by atoms with Crippen LogP contribution in [0.2, 0.25) is 0 Å². The van der Waals surface area contributed by atoms with Crippen LogP contribution < -0.4 is 5.32 Å². The van der Waals surface area contributed by atoms with Crippen LogP contribution in [0.4, 0.5) is 14.5 Å². The number of nitro benzene ring substituents is 1. The molecule has 148 valence electrons. The summed E-state index contributed by atoms with van der Waals surface area (Å²) >= 11 is 0. The predicted octanol–water partition coefficient (Wildman–Crippen LogP) is 3.00. The van der Waals surface area contributed by atoms with Crippen molar-refractivity contribution in [3.63, 3.8) is 0 Å². The highest BCUT2D eigenvalue weighted by atomic mass is 32.2. The minimum atomic E-state index is -4.22. The predicted molar refractivity (Wildman–Crippen MR) is 98.8 cm³/mol. The van der Waals surface area contributed by atoms with Gasteiger partial charge in [-0.1, -0.05) is 18.2 Å². The summed E-state index contributed by atoms with van der Waals surface area (Å²) in [4.78, 5) is 10.3. The third-order valence-corrected chi connectivity index (χ3v) is 7.75. The van der Waals surface area contributed by atoms with E-state index in [0.717, 1.165) is 24.3 Å². The molecular weight excluding hydrogens is 392 g/mol. The molecule has 0 radical (unpaired) electrons. The lowest BCUT2D eigenvalue weighted by Crippen LogP contribution is -2.63. The second-order valence-corrected chi connectivity index (χ2v) is 9.36. The zero-order valence-corrected chi connectivity index (χ0v) is 15.8. The number of rotatable bonds is 3. The van der Waals surface area contributed by atoms with Crippen molar-refractivity contribution in [3.8, 4) is 0 Å². The van der Waals surface area contributed by atoms with E-state index in [4.69, 9.17) is 5.41 Å². The second kappa shape index (κ2) is 6.33. The Kier molecular flexibility index (Phi) is 4.49. The molecule has 0 aliphatic carbocycles. The number of hydrogen-bond donors (Lipinski definition) is 2. The van der Waals surface area contributed by atoms with Gasteiger partial charge in [0.15, 0.2) is 14.6 Å². The van der Waals surface area contributed by atoms with Gasteiger partial charge < -0.3 is 5.32 Å². The van der Waals surface area contributed by atoms with Crippen LogP contribution in [0.5, 0.6) is 0 Å². The smallest absolute Gasteiger partial charge is 0.269 e. The molecule has 2 aromatic carbocycles. The van der Waals surface area contributed by atoms with Gasteiger partial charge in [-0.25, -0.2) is 17.2 Å². The Labute approximate surface area is 160 Å². The first kappa shape index (κ1) is 19.9. The van der Waals surface area contributed by atoms with Gasteiger partial charge in [0.2, 0.25) is 0 Å². The van der Waals surface area contributed by atoms with Crippen molar-refractivity contribution in [2.45, 2.75) is 24.1 Å². The Balaban J connectivity index is 2.15. The van der Waals surface area contributed by atoms with Crippen LogP contribution >= 0.6 is 0 Å². The number of non-ortho nitro benzene ring substituents is 1. The van der Waals surface area contributed by atoms with Crippen LogP contribution in [0.25, 0.3) is 0 Å². The van der Waals surface area contributed by atoms with E-state index in [1.165, 1.54) is 32.0 Å². The topological polar surface area (TPSA) is 113 Å². The Morgan fingerprint density at radius 2 is 1.71 bits per heavy atom. The van der Waals surface area contributed by atoms with E-state index >= 15 is 0 Å². The first-order valence-corrected chi connectivity index (χ1v) is 9.86. The summed E-state index contributed by atoms with van der Waals surface area (Å²) in [6.45, 7) is 2.54. The maximum atomic E-state index is 14.4. The molecule has 0 aromatic heterocycles. The maximum Gasteiger partial charge on any atom is 0.269 e. The van der Waals surface area contributed by atoms with Gasteiger partial charge >= 0.3 is 0 Å². The van der Waals surface area contributed by atoms with Crippen molar-refractivity contribution in [3.05, 3.63) is 75.3 Å². The first-order valence-electron chi connectivity index (χ1n) is 8.21. The van der Waals surface area contributed by atoms with Gasteiger partial charge in [-0.2, -0.15) is 0 Å². The van der Waals surface area contributed by atoms with E-state index in [2.05, 4.69) is 5.32 Å². The van der Waals surface area contributed by atoms with Crippen LogP contribution in [-0.4, -0.2) is 24.9 Å². The molecule has 0 unspecified atom stereocenters. The summed E-state index contributed by atoms with van der Waals surface area (Å²) in [5.74, 6) is -2.87. The molecule has 0 spiro atoms. The van der Waals surface area contributed by atoms with E-state index < -0.39 is 54.0 Å². The molecule has 0 bridgehead atoms. The summed E-state index contributed by atoms with van der Waals surface area (Å²) in [6, 6.07) is 8.02. The van der Waals surface area contributed by atoms with Crippen LogP contribution in [0.3, 0.4) is 0 Å². The van der Waals surface area contributed by atoms with Gasteiger partial charge in [0.1, 0.15) is 17.5 Å². The van der Waals surface area contributed by atoms with Crippen molar-refractivity contribution in [2.24, 2.45) is 0 Å². The SMILES string of the molecule is C[C@@]1(c2cc([N+](=O)[O-])ccc2F)CS(=O)(=O)[C@@](C)(c2ccccc2F)C(=N)N1. The Bertz CT molecular complexity index is 1110. The Hall–Kier alpha value is -2.88. The van der Waals surface area contributed by atoms with Gasteiger partial charge in [0.25, 0.3) is 5.69 Å². The molecule has 1 saturated heterocycles. The molecule has 1 aliphatic heterocycles. The van der Waals surface area contributed by atoms with Crippen molar-refractivity contribution in [1.29, 1.82) is 5.41 Å². The van der Waals surface area contributed by atoms with Gasteiger partial charge in [-0.15, -0.1) is 0 Å². The number of nitrogens with one attached hydrogen (secondary N) is 2. The number of hydrogen-bond acceptors (Lipinski definition) is 5. The van der Waals surface area contributed by atoms with Crippen molar-refractivity contribution < 1.29 is 22.1 Å². The monoisotopic (exact) mass is 409 g/mol.